The van der Waals surface area contributed by atoms with Crippen LogP contribution in [0, 0.1) is 0 Å². The van der Waals surface area contributed by atoms with Gasteiger partial charge in [0.1, 0.15) is 5.75 Å². The van der Waals surface area contributed by atoms with Gasteiger partial charge in [-0.15, -0.1) is 0 Å². The predicted molar refractivity (Wildman–Crippen MR) is 89.2 cm³/mol. The van der Waals surface area contributed by atoms with E-state index in [1.165, 1.54) is 42.5 Å². The summed E-state index contributed by atoms with van der Waals surface area (Å²) < 4.78 is 29.2. The van der Waals surface area contributed by atoms with Gasteiger partial charge in [0.25, 0.3) is 5.91 Å². The number of carbonyl (C=O) groups is 3. The Kier molecular flexibility index (Phi) is 4.92. The maximum Gasteiger partial charge on any atom is 0.387 e. The van der Waals surface area contributed by atoms with Gasteiger partial charge in [0.15, 0.2) is 0 Å². The monoisotopic (exact) mass is 360 g/mol. The second-order valence-corrected chi connectivity index (χ2v) is 5.50. The Morgan fingerprint density at radius 1 is 1.00 bits per heavy atom. The molecule has 0 aliphatic carbocycles. The van der Waals surface area contributed by atoms with Gasteiger partial charge in [-0.1, -0.05) is 12.1 Å². The van der Waals surface area contributed by atoms with Crippen molar-refractivity contribution >= 4 is 29.1 Å². The molecule has 26 heavy (non-hydrogen) atoms. The molecule has 0 unspecified atom stereocenters. The Hall–Kier alpha value is -3.29. The summed E-state index contributed by atoms with van der Waals surface area (Å²) in [4.78, 5) is 36.8. The minimum absolute atomic E-state index is 0.103. The second kappa shape index (κ2) is 7.30. The molecule has 2 aromatic rings. The van der Waals surface area contributed by atoms with Gasteiger partial charge in [-0.05, 0) is 36.4 Å². The number of nitrogens with one attached hydrogen (secondary N) is 1. The van der Waals surface area contributed by atoms with Crippen molar-refractivity contribution < 1.29 is 27.9 Å². The molecular weight excluding hydrogens is 346 g/mol. The molecule has 1 N–H and O–H groups in total. The molecular formula is C18H14F2N2O4. The van der Waals surface area contributed by atoms with E-state index in [1.807, 2.05) is 0 Å². The topological polar surface area (TPSA) is 75.7 Å². The fourth-order valence-corrected chi connectivity index (χ4v) is 2.59. The third-order valence-electron chi connectivity index (χ3n) is 3.79. The quantitative estimate of drug-likeness (QED) is 0.831. The fraction of sp³-hybridized carbons (Fsp3) is 0.167. The molecule has 0 atom stereocenters. The van der Waals surface area contributed by atoms with Crippen molar-refractivity contribution in [1.29, 1.82) is 0 Å². The molecule has 8 heteroatoms. The molecule has 0 bridgehead atoms. The Bertz CT molecular complexity index is 837. The average molecular weight is 360 g/mol. The molecule has 6 nitrogen and oxygen atoms in total. The van der Waals surface area contributed by atoms with Crippen LogP contribution in [0.3, 0.4) is 0 Å². The fourth-order valence-electron chi connectivity index (χ4n) is 2.59. The Morgan fingerprint density at radius 3 is 2.23 bits per heavy atom. The summed E-state index contributed by atoms with van der Waals surface area (Å²) in [5, 5.41) is 2.49. The van der Waals surface area contributed by atoms with E-state index in [0.29, 0.717) is 5.69 Å². The van der Waals surface area contributed by atoms with E-state index in [9.17, 15) is 23.2 Å². The van der Waals surface area contributed by atoms with Gasteiger partial charge in [-0.25, -0.2) is 0 Å². The van der Waals surface area contributed by atoms with Crippen molar-refractivity contribution in [3.05, 3.63) is 54.1 Å². The van der Waals surface area contributed by atoms with Gasteiger partial charge in [-0.3, -0.25) is 19.3 Å². The highest BCUT2D eigenvalue weighted by Crippen LogP contribution is 2.27. The van der Waals surface area contributed by atoms with E-state index in [2.05, 4.69) is 10.1 Å². The highest BCUT2D eigenvalue weighted by molar-refractivity contribution is 6.20. The van der Waals surface area contributed by atoms with Crippen LogP contribution in [0.15, 0.2) is 48.5 Å². The molecule has 134 valence electrons. The van der Waals surface area contributed by atoms with Crippen molar-refractivity contribution in [2.24, 2.45) is 0 Å². The number of rotatable bonds is 5. The number of amides is 3. The molecule has 3 rings (SSSR count). The van der Waals surface area contributed by atoms with Crippen molar-refractivity contribution in [2.75, 3.05) is 10.2 Å². The summed E-state index contributed by atoms with van der Waals surface area (Å²) in [6.07, 6.45) is 0.337. The lowest BCUT2D eigenvalue weighted by Crippen LogP contribution is -2.28. The van der Waals surface area contributed by atoms with E-state index in [1.54, 1.807) is 6.07 Å². The van der Waals surface area contributed by atoms with Crippen molar-refractivity contribution in [3.8, 4) is 5.75 Å². The number of para-hydroxylation sites is 2. The van der Waals surface area contributed by atoms with Crippen LogP contribution in [0.1, 0.15) is 23.2 Å². The largest absolute Gasteiger partial charge is 0.433 e. The Morgan fingerprint density at radius 2 is 1.62 bits per heavy atom. The SMILES string of the molecule is O=C(Nc1ccccc1OC(F)F)c1ccc(N2C(=O)CCC2=O)cc1. The van der Waals surface area contributed by atoms with E-state index < -0.39 is 12.5 Å². The van der Waals surface area contributed by atoms with E-state index >= 15 is 0 Å². The first-order chi connectivity index (χ1) is 12.5. The average Bonchev–Trinajstić information content (AvgIpc) is 2.95. The highest BCUT2D eigenvalue weighted by Gasteiger charge is 2.30. The number of carbonyl (C=O) groups excluding carboxylic acids is 3. The molecule has 0 saturated carbocycles. The van der Waals surface area contributed by atoms with Gasteiger partial charge >= 0.3 is 6.61 Å². The summed E-state index contributed by atoms with van der Waals surface area (Å²) >= 11 is 0. The highest BCUT2D eigenvalue weighted by atomic mass is 19.3. The summed E-state index contributed by atoms with van der Waals surface area (Å²) in [6, 6.07) is 11.7. The minimum Gasteiger partial charge on any atom is -0.433 e. The molecule has 0 aromatic heterocycles. The second-order valence-electron chi connectivity index (χ2n) is 5.50. The normalized spacial score (nSPS) is 14.0. The molecule has 0 radical (unpaired) electrons. The minimum atomic E-state index is -3.01. The standard InChI is InChI=1S/C18H14F2N2O4/c19-18(20)26-14-4-2-1-3-13(14)21-17(25)11-5-7-12(8-6-11)22-15(23)9-10-16(22)24/h1-8,18H,9-10H2,(H,21,25). The van der Waals surface area contributed by atoms with Crippen LogP contribution in [0.25, 0.3) is 0 Å². The first-order valence-corrected chi connectivity index (χ1v) is 7.77. The lowest BCUT2D eigenvalue weighted by Gasteiger charge is -2.14. The summed E-state index contributed by atoms with van der Waals surface area (Å²) in [6.45, 7) is -3.01. The van der Waals surface area contributed by atoms with E-state index in [0.717, 1.165) is 4.90 Å². The summed E-state index contributed by atoms with van der Waals surface area (Å²) in [7, 11) is 0. The Labute approximate surface area is 147 Å². The smallest absolute Gasteiger partial charge is 0.387 e. The molecule has 1 fully saturated rings. The number of imide groups is 1. The number of alkyl halides is 2. The first-order valence-electron chi connectivity index (χ1n) is 7.77. The summed E-state index contributed by atoms with van der Waals surface area (Å²) in [5.74, 6) is -1.27. The number of nitrogens with zero attached hydrogens (tertiary/aromatic N) is 1. The Balaban J connectivity index is 1.75. The number of ether oxygens (including phenoxy) is 1. The van der Waals surface area contributed by atoms with Gasteiger partial charge in [0.05, 0.1) is 11.4 Å². The van der Waals surface area contributed by atoms with Gasteiger partial charge in [-0.2, -0.15) is 8.78 Å². The number of anilines is 2. The molecule has 1 heterocycles. The lowest BCUT2D eigenvalue weighted by atomic mass is 10.1. The third-order valence-corrected chi connectivity index (χ3v) is 3.79. The van der Waals surface area contributed by atoms with Gasteiger partial charge in [0.2, 0.25) is 11.8 Å². The van der Waals surface area contributed by atoms with Gasteiger partial charge in [0, 0.05) is 18.4 Å². The van der Waals surface area contributed by atoms with Crippen molar-refractivity contribution in [2.45, 2.75) is 19.5 Å². The molecule has 0 spiro atoms. The first kappa shape index (κ1) is 17.5. The van der Waals surface area contributed by atoms with Crippen LogP contribution in [-0.2, 0) is 9.59 Å². The lowest BCUT2D eigenvalue weighted by molar-refractivity contribution is -0.121. The number of hydrogen-bond donors (Lipinski definition) is 1. The van der Waals surface area contributed by atoms with Crippen LogP contribution in [0.2, 0.25) is 0 Å². The zero-order chi connectivity index (χ0) is 18.7. The van der Waals surface area contributed by atoms with Crippen LogP contribution < -0.4 is 15.0 Å². The van der Waals surface area contributed by atoms with Crippen LogP contribution >= 0.6 is 0 Å². The number of benzene rings is 2. The van der Waals surface area contributed by atoms with Crippen LogP contribution in [-0.4, -0.2) is 24.3 Å². The van der Waals surface area contributed by atoms with Crippen molar-refractivity contribution in [1.82, 2.24) is 0 Å². The maximum atomic E-state index is 12.4. The van der Waals surface area contributed by atoms with Crippen molar-refractivity contribution in [3.63, 3.8) is 0 Å². The number of hydrogen-bond acceptors (Lipinski definition) is 4. The van der Waals surface area contributed by atoms with E-state index in [4.69, 9.17) is 0 Å². The third kappa shape index (κ3) is 3.69. The molecule has 1 aliphatic heterocycles. The summed E-state index contributed by atoms with van der Waals surface area (Å²) in [5.41, 5.74) is 0.724. The van der Waals surface area contributed by atoms with Crippen LogP contribution in [0.5, 0.6) is 5.75 Å². The van der Waals surface area contributed by atoms with Gasteiger partial charge < -0.3 is 10.1 Å². The molecule has 1 saturated heterocycles. The van der Waals surface area contributed by atoms with Crippen LogP contribution in [0.4, 0.5) is 20.2 Å². The maximum absolute atomic E-state index is 12.4. The predicted octanol–water partition coefficient (Wildman–Crippen LogP) is 3.19. The zero-order valence-corrected chi connectivity index (χ0v) is 13.4. The zero-order valence-electron chi connectivity index (χ0n) is 13.4. The molecule has 3 amide bonds. The molecule has 1 aliphatic rings. The number of halogens is 2. The van der Waals surface area contributed by atoms with E-state index in [-0.39, 0.29) is 41.7 Å². The molecule has 2 aromatic carbocycles.